The van der Waals surface area contributed by atoms with E-state index in [1.165, 1.54) is 25.7 Å². The number of aliphatic hydroxyl groups excluding tert-OH is 2. The summed E-state index contributed by atoms with van der Waals surface area (Å²) in [7, 11) is 0. The fourth-order valence-electron chi connectivity index (χ4n) is 4.35. The van der Waals surface area contributed by atoms with Crippen LogP contribution in [0.15, 0.2) is 70.5 Å². The normalized spacial score (nSPS) is 13.0. The van der Waals surface area contributed by atoms with E-state index in [9.17, 15) is 10.2 Å². The SMILES string of the molecule is CCCCCCC(O)COc1ccc2c(OCC(O)CCCCCC)c(Sc3ccccc3)ccc2c1. The van der Waals surface area contributed by atoms with Crippen molar-refractivity contribution in [2.75, 3.05) is 13.2 Å². The van der Waals surface area contributed by atoms with E-state index >= 15 is 0 Å². The summed E-state index contributed by atoms with van der Waals surface area (Å²) in [5.74, 6) is 1.53. The highest BCUT2D eigenvalue weighted by Gasteiger charge is 2.15. The summed E-state index contributed by atoms with van der Waals surface area (Å²) < 4.78 is 12.2. The summed E-state index contributed by atoms with van der Waals surface area (Å²) in [6.07, 6.45) is 9.74. The predicted octanol–water partition coefficient (Wildman–Crippen LogP) is 8.41. The highest BCUT2D eigenvalue weighted by molar-refractivity contribution is 7.99. The Morgan fingerprint density at radius 2 is 1.35 bits per heavy atom. The van der Waals surface area contributed by atoms with Gasteiger partial charge in [-0.1, -0.05) is 101 Å². The average Bonchev–Trinajstić information content (AvgIpc) is 2.92. The quantitative estimate of drug-likeness (QED) is 0.164. The topological polar surface area (TPSA) is 58.9 Å². The van der Waals surface area contributed by atoms with E-state index in [1.54, 1.807) is 11.8 Å². The molecule has 0 aliphatic carbocycles. The van der Waals surface area contributed by atoms with Crippen molar-refractivity contribution in [2.45, 2.75) is 100 Å². The van der Waals surface area contributed by atoms with Crippen LogP contribution in [0.5, 0.6) is 11.5 Å². The zero-order chi connectivity index (χ0) is 26.3. The second-order valence-electron chi connectivity index (χ2n) is 9.82. The fourth-order valence-corrected chi connectivity index (χ4v) is 5.29. The lowest BCUT2D eigenvalue weighted by Gasteiger charge is -2.18. The third-order valence-electron chi connectivity index (χ3n) is 6.52. The third kappa shape index (κ3) is 10.2. The van der Waals surface area contributed by atoms with Crippen molar-refractivity contribution in [3.05, 3.63) is 60.7 Å². The Kier molecular flexibility index (Phi) is 13.2. The molecule has 0 aliphatic heterocycles. The van der Waals surface area contributed by atoms with E-state index in [-0.39, 0.29) is 6.61 Å². The zero-order valence-corrected chi connectivity index (χ0v) is 23.3. The minimum atomic E-state index is -0.483. The van der Waals surface area contributed by atoms with Gasteiger partial charge < -0.3 is 19.7 Å². The Labute approximate surface area is 227 Å². The van der Waals surface area contributed by atoms with Crippen LogP contribution in [0.4, 0.5) is 0 Å². The first kappa shape index (κ1) is 29.3. The van der Waals surface area contributed by atoms with E-state index in [2.05, 4.69) is 38.1 Å². The summed E-state index contributed by atoms with van der Waals surface area (Å²) >= 11 is 1.66. The molecule has 4 nitrogen and oxygen atoms in total. The molecule has 3 aromatic rings. The molecular formula is C32H44O4S. The average molecular weight is 525 g/mol. The molecule has 3 aromatic carbocycles. The second kappa shape index (κ2) is 16.6. The van der Waals surface area contributed by atoms with Gasteiger partial charge in [-0.05, 0) is 54.6 Å². The van der Waals surface area contributed by atoms with Crippen LogP contribution in [0, 0.1) is 0 Å². The molecule has 202 valence electrons. The van der Waals surface area contributed by atoms with E-state index in [4.69, 9.17) is 9.47 Å². The third-order valence-corrected chi connectivity index (χ3v) is 7.57. The van der Waals surface area contributed by atoms with Crippen LogP contribution in [-0.4, -0.2) is 35.6 Å². The van der Waals surface area contributed by atoms with Gasteiger partial charge in [0.15, 0.2) is 0 Å². The first-order chi connectivity index (χ1) is 18.1. The maximum atomic E-state index is 10.5. The van der Waals surface area contributed by atoms with Crippen molar-refractivity contribution in [2.24, 2.45) is 0 Å². The minimum Gasteiger partial charge on any atom is -0.491 e. The molecule has 0 amide bonds. The van der Waals surface area contributed by atoms with Gasteiger partial charge in [0, 0.05) is 10.3 Å². The van der Waals surface area contributed by atoms with Crippen molar-refractivity contribution in [1.29, 1.82) is 0 Å². The number of hydrogen-bond acceptors (Lipinski definition) is 5. The molecule has 0 saturated heterocycles. The van der Waals surface area contributed by atoms with E-state index in [0.29, 0.717) is 6.61 Å². The lowest BCUT2D eigenvalue weighted by atomic mass is 10.1. The van der Waals surface area contributed by atoms with Crippen LogP contribution >= 0.6 is 11.8 Å². The van der Waals surface area contributed by atoms with Crippen molar-refractivity contribution in [3.63, 3.8) is 0 Å². The summed E-state index contributed by atoms with van der Waals surface area (Å²) in [4.78, 5) is 2.16. The van der Waals surface area contributed by atoms with Crippen LogP contribution < -0.4 is 9.47 Å². The number of fused-ring (bicyclic) bond motifs is 1. The molecule has 5 heteroatoms. The van der Waals surface area contributed by atoms with Crippen LogP contribution in [0.1, 0.15) is 78.1 Å². The van der Waals surface area contributed by atoms with Gasteiger partial charge in [0.25, 0.3) is 0 Å². The summed E-state index contributed by atoms with van der Waals surface area (Å²) in [5.41, 5.74) is 0. The van der Waals surface area contributed by atoms with E-state index < -0.39 is 12.2 Å². The molecule has 2 N–H and O–H groups in total. The molecule has 0 fully saturated rings. The van der Waals surface area contributed by atoms with Gasteiger partial charge in [0.1, 0.15) is 24.7 Å². The van der Waals surface area contributed by atoms with E-state index in [1.807, 2.05) is 36.4 Å². The summed E-state index contributed by atoms with van der Waals surface area (Å²) in [6, 6.07) is 20.4. The van der Waals surface area contributed by atoms with Gasteiger partial charge >= 0.3 is 0 Å². The smallest absolute Gasteiger partial charge is 0.141 e. The summed E-state index contributed by atoms with van der Waals surface area (Å²) in [6.45, 7) is 4.96. The highest BCUT2D eigenvalue weighted by Crippen LogP contribution is 2.41. The first-order valence-electron chi connectivity index (χ1n) is 14.0. The minimum absolute atomic E-state index is 0.274. The van der Waals surface area contributed by atoms with Crippen molar-refractivity contribution < 1.29 is 19.7 Å². The van der Waals surface area contributed by atoms with Gasteiger partial charge in [0.2, 0.25) is 0 Å². The highest BCUT2D eigenvalue weighted by atomic mass is 32.2. The van der Waals surface area contributed by atoms with Crippen molar-refractivity contribution in [3.8, 4) is 11.5 Å². The number of hydrogen-bond donors (Lipinski definition) is 2. The molecule has 0 radical (unpaired) electrons. The molecular weight excluding hydrogens is 480 g/mol. The Morgan fingerprint density at radius 3 is 2.00 bits per heavy atom. The van der Waals surface area contributed by atoms with Crippen LogP contribution in [0.25, 0.3) is 10.8 Å². The van der Waals surface area contributed by atoms with Gasteiger partial charge in [0.05, 0.1) is 17.1 Å². The Hall–Kier alpha value is -2.21. The summed E-state index contributed by atoms with van der Waals surface area (Å²) in [5, 5.41) is 22.8. The second-order valence-corrected chi connectivity index (χ2v) is 10.9. The number of unbranched alkanes of at least 4 members (excludes halogenated alkanes) is 6. The molecule has 2 unspecified atom stereocenters. The Morgan fingerprint density at radius 1 is 0.703 bits per heavy atom. The molecule has 2 atom stereocenters. The molecule has 3 rings (SSSR count). The predicted molar refractivity (Wildman–Crippen MR) is 155 cm³/mol. The Balaban J connectivity index is 1.71. The van der Waals surface area contributed by atoms with Crippen LogP contribution in [0.2, 0.25) is 0 Å². The fraction of sp³-hybridized carbons (Fsp3) is 0.500. The maximum Gasteiger partial charge on any atom is 0.141 e. The zero-order valence-electron chi connectivity index (χ0n) is 22.5. The lowest BCUT2D eigenvalue weighted by molar-refractivity contribution is 0.0968. The van der Waals surface area contributed by atoms with Crippen LogP contribution in [-0.2, 0) is 0 Å². The largest absolute Gasteiger partial charge is 0.491 e. The molecule has 37 heavy (non-hydrogen) atoms. The lowest BCUT2D eigenvalue weighted by Crippen LogP contribution is -2.18. The van der Waals surface area contributed by atoms with Gasteiger partial charge in [-0.25, -0.2) is 0 Å². The number of ether oxygens (including phenoxy) is 2. The van der Waals surface area contributed by atoms with Gasteiger partial charge in [-0.15, -0.1) is 0 Å². The maximum absolute atomic E-state index is 10.5. The molecule has 0 spiro atoms. The van der Waals surface area contributed by atoms with Crippen molar-refractivity contribution in [1.82, 2.24) is 0 Å². The number of benzene rings is 3. The van der Waals surface area contributed by atoms with Crippen molar-refractivity contribution >= 4 is 22.5 Å². The molecule has 0 aliphatic rings. The first-order valence-corrected chi connectivity index (χ1v) is 14.8. The molecule has 0 aromatic heterocycles. The van der Waals surface area contributed by atoms with E-state index in [0.717, 1.165) is 70.6 Å². The molecule has 0 bridgehead atoms. The molecule has 0 heterocycles. The Bertz CT molecular complexity index is 1040. The number of aliphatic hydroxyl groups is 2. The van der Waals surface area contributed by atoms with Gasteiger partial charge in [-0.3, -0.25) is 0 Å². The monoisotopic (exact) mass is 524 g/mol. The van der Waals surface area contributed by atoms with Crippen LogP contribution in [0.3, 0.4) is 0 Å². The van der Waals surface area contributed by atoms with Gasteiger partial charge in [-0.2, -0.15) is 0 Å². The number of rotatable bonds is 18. The molecule has 0 saturated carbocycles. The standard InChI is InChI=1S/C32H44O4S/c1-3-5-7-10-14-26(33)23-35-28-19-20-30-25(22-28)18-21-31(37-29-16-12-9-13-17-29)32(30)36-24-27(34)15-11-8-6-4-2/h9,12-13,16-22,26-27,33-34H,3-8,10-11,14-15,23-24H2,1-2H3.